The zero-order chi connectivity index (χ0) is 12.7. The first-order chi connectivity index (χ1) is 8.11. The molecule has 0 aromatic heterocycles. The molecule has 1 rings (SSSR count). The highest BCUT2D eigenvalue weighted by Crippen LogP contribution is 2.14. The predicted octanol–water partition coefficient (Wildman–Crippen LogP) is 2.24. The SMILES string of the molecule is CC(=O)NC1CCN(CCC(C)CCCl)CC1. The van der Waals surface area contributed by atoms with Crippen LogP contribution in [0.1, 0.15) is 39.5 Å². The van der Waals surface area contributed by atoms with Crippen LogP contribution in [0.5, 0.6) is 0 Å². The van der Waals surface area contributed by atoms with E-state index < -0.39 is 0 Å². The Morgan fingerprint density at radius 2 is 2.06 bits per heavy atom. The van der Waals surface area contributed by atoms with Gasteiger partial charge in [-0.25, -0.2) is 0 Å². The summed E-state index contributed by atoms with van der Waals surface area (Å²) in [4.78, 5) is 13.4. The Bertz CT molecular complexity index is 227. The van der Waals surface area contributed by atoms with Gasteiger partial charge in [-0.1, -0.05) is 6.92 Å². The fourth-order valence-electron chi connectivity index (χ4n) is 2.32. The smallest absolute Gasteiger partial charge is 0.217 e. The minimum Gasteiger partial charge on any atom is -0.354 e. The maximum Gasteiger partial charge on any atom is 0.217 e. The molecule has 0 aliphatic carbocycles. The molecule has 1 fully saturated rings. The summed E-state index contributed by atoms with van der Waals surface area (Å²) in [6.07, 6.45) is 4.52. The molecule has 0 bridgehead atoms. The van der Waals surface area contributed by atoms with Gasteiger partial charge < -0.3 is 10.2 Å². The molecule has 1 heterocycles. The minimum atomic E-state index is 0.0965. The van der Waals surface area contributed by atoms with E-state index in [0.29, 0.717) is 6.04 Å². The highest BCUT2D eigenvalue weighted by Gasteiger charge is 2.19. The maximum atomic E-state index is 10.9. The van der Waals surface area contributed by atoms with Gasteiger partial charge in [-0.3, -0.25) is 4.79 Å². The molecule has 0 spiro atoms. The summed E-state index contributed by atoms with van der Waals surface area (Å²) in [7, 11) is 0. The molecule has 0 aromatic rings. The standard InChI is InChI=1S/C13H25ClN2O/c1-11(3-7-14)4-8-16-9-5-13(6-10-16)15-12(2)17/h11,13H,3-10H2,1-2H3,(H,15,17). The number of hydrogen-bond acceptors (Lipinski definition) is 2. The predicted molar refractivity (Wildman–Crippen MR) is 72.4 cm³/mol. The van der Waals surface area contributed by atoms with E-state index in [1.807, 2.05) is 0 Å². The molecular formula is C13H25ClN2O. The number of hydrogen-bond donors (Lipinski definition) is 1. The van der Waals surface area contributed by atoms with Crippen LogP contribution in [0.3, 0.4) is 0 Å². The zero-order valence-corrected chi connectivity index (χ0v) is 11.8. The van der Waals surface area contributed by atoms with Crippen molar-refractivity contribution < 1.29 is 4.79 Å². The molecule has 4 heteroatoms. The highest BCUT2D eigenvalue weighted by atomic mass is 35.5. The quantitative estimate of drug-likeness (QED) is 0.743. The number of carbonyl (C=O) groups is 1. The van der Waals surface area contributed by atoms with Crippen molar-refractivity contribution in [2.45, 2.75) is 45.6 Å². The first-order valence-corrected chi connectivity index (χ1v) is 7.20. The summed E-state index contributed by atoms with van der Waals surface area (Å²) < 4.78 is 0. The van der Waals surface area contributed by atoms with E-state index in [0.717, 1.165) is 44.1 Å². The molecule has 1 amide bonds. The van der Waals surface area contributed by atoms with Gasteiger partial charge in [0.1, 0.15) is 0 Å². The van der Waals surface area contributed by atoms with Crippen molar-refractivity contribution in [2.75, 3.05) is 25.5 Å². The first kappa shape index (κ1) is 14.8. The van der Waals surface area contributed by atoms with Crippen LogP contribution in [0, 0.1) is 5.92 Å². The van der Waals surface area contributed by atoms with E-state index >= 15 is 0 Å². The van der Waals surface area contributed by atoms with Crippen molar-refractivity contribution in [2.24, 2.45) is 5.92 Å². The number of nitrogens with one attached hydrogen (secondary N) is 1. The summed E-state index contributed by atoms with van der Waals surface area (Å²) in [5, 5.41) is 3.00. The van der Waals surface area contributed by atoms with Crippen LogP contribution in [0.15, 0.2) is 0 Å². The molecule has 0 saturated carbocycles. The Kier molecular flexibility index (Phi) is 6.90. The minimum absolute atomic E-state index is 0.0965. The molecule has 0 aromatic carbocycles. The van der Waals surface area contributed by atoms with Crippen LogP contribution in [-0.2, 0) is 4.79 Å². The molecule has 100 valence electrons. The van der Waals surface area contributed by atoms with Gasteiger partial charge in [-0.2, -0.15) is 0 Å². The Morgan fingerprint density at radius 3 is 2.59 bits per heavy atom. The lowest BCUT2D eigenvalue weighted by Gasteiger charge is -2.32. The third-order valence-electron chi connectivity index (χ3n) is 3.53. The molecule has 1 saturated heterocycles. The van der Waals surface area contributed by atoms with E-state index in [2.05, 4.69) is 17.1 Å². The Morgan fingerprint density at radius 1 is 1.41 bits per heavy atom. The lowest BCUT2D eigenvalue weighted by atomic mass is 10.0. The molecule has 0 radical (unpaired) electrons. The fourth-order valence-corrected chi connectivity index (χ4v) is 2.69. The number of alkyl halides is 1. The van der Waals surface area contributed by atoms with Crippen LogP contribution in [0.25, 0.3) is 0 Å². The van der Waals surface area contributed by atoms with Crippen LogP contribution in [-0.4, -0.2) is 42.4 Å². The highest BCUT2D eigenvalue weighted by molar-refractivity contribution is 6.17. The zero-order valence-electron chi connectivity index (χ0n) is 11.0. The van der Waals surface area contributed by atoms with Crippen molar-refractivity contribution in [1.82, 2.24) is 10.2 Å². The third-order valence-corrected chi connectivity index (χ3v) is 3.75. The fraction of sp³-hybridized carbons (Fsp3) is 0.923. The van der Waals surface area contributed by atoms with E-state index in [1.165, 1.54) is 13.0 Å². The summed E-state index contributed by atoms with van der Waals surface area (Å²) in [6, 6.07) is 0.393. The van der Waals surface area contributed by atoms with Crippen LogP contribution >= 0.6 is 11.6 Å². The molecule has 1 unspecified atom stereocenters. The Hall–Kier alpha value is -0.280. The maximum absolute atomic E-state index is 10.9. The number of amides is 1. The molecule has 1 N–H and O–H groups in total. The average molecular weight is 261 g/mol. The van der Waals surface area contributed by atoms with Crippen molar-refractivity contribution in [3.05, 3.63) is 0 Å². The molecule has 3 nitrogen and oxygen atoms in total. The topological polar surface area (TPSA) is 32.3 Å². The number of likely N-dealkylation sites (tertiary alicyclic amines) is 1. The monoisotopic (exact) mass is 260 g/mol. The first-order valence-electron chi connectivity index (χ1n) is 6.67. The molecule has 1 atom stereocenters. The van der Waals surface area contributed by atoms with Crippen molar-refractivity contribution in [3.8, 4) is 0 Å². The normalized spacial score (nSPS) is 20.2. The molecule has 17 heavy (non-hydrogen) atoms. The van der Waals surface area contributed by atoms with Gasteiger partial charge in [0.2, 0.25) is 5.91 Å². The Labute approximate surface area is 110 Å². The van der Waals surface area contributed by atoms with Gasteiger partial charge >= 0.3 is 0 Å². The number of carbonyl (C=O) groups excluding carboxylic acids is 1. The van der Waals surface area contributed by atoms with Crippen LogP contribution < -0.4 is 5.32 Å². The van der Waals surface area contributed by atoms with Gasteiger partial charge in [-0.05, 0) is 38.1 Å². The third kappa shape index (κ3) is 6.27. The second-order valence-electron chi connectivity index (χ2n) is 5.19. The van der Waals surface area contributed by atoms with Gasteiger partial charge in [0.25, 0.3) is 0 Å². The van der Waals surface area contributed by atoms with Crippen LogP contribution in [0.4, 0.5) is 0 Å². The summed E-state index contributed by atoms with van der Waals surface area (Å²) in [5.74, 6) is 1.59. The lowest BCUT2D eigenvalue weighted by Crippen LogP contribution is -2.44. The summed E-state index contributed by atoms with van der Waals surface area (Å²) in [6.45, 7) is 7.26. The van der Waals surface area contributed by atoms with E-state index in [1.54, 1.807) is 6.92 Å². The van der Waals surface area contributed by atoms with Gasteiger partial charge in [0, 0.05) is 31.9 Å². The molecule has 1 aliphatic rings. The van der Waals surface area contributed by atoms with Gasteiger partial charge in [0.05, 0.1) is 0 Å². The largest absolute Gasteiger partial charge is 0.354 e. The van der Waals surface area contributed by atoms with Crippen molar-refractivity contribution in [3.63, 3.8) is 0 Å². The average Bonchev–Trinajstić information content (AvgIpc) is 2.28. The molecule has 1 aliphatic heterocycles. The number of rotatable bonds is 6. The number of halogens is 1. The van der Waals surface area contributed by atoms with E-state index in [4.69, 9.17) is 11.6 Å². The Balaban J connectivity index is 2.12. The van der Waals surface area contributed by atoms with Gasteiger partial charge in [-0.15, -0.1) is 11.6 Å². The van der Waals surface area contributed by atoms with Crippen molar-refractivity contribution >= 4 is 17.5 Å². The van der Waals surface area contributed by atoms with E-state index in [-0.39, 0.29) is 5.91 Å². The summed E-state index contributed by atoms with van der Waals surface area (Å²) >= 11 is 5.73. The van der Waals surface area contributed by atoms with Crippen LogP contribution in [0.2, 0.25) is 0 Å². The number of piperidine rings is 1. The van der Waals surface area contributed by atoms with Crippen molar-refractivity contribution in [1.29, 1.82) is 0 Å². The number of nitrogens with zero attached hydrogens (tertiary/aromatic N) is 1. The second-order valence-corrected chi connectivity index (χ2v) is 5.57. The molecular weight excluding hydrogens is 236 g/mol. The lowest BCUT2D eigenvalue weighted by molar-refractivity contribution is -0.119. The second kappa shape index (κ2) is 7.93. The van der Waals surface area contributed by atoms with E-state index in [9.17, 15) is 4.79 Å². The summed E-state index contributed by atoms with van der Waals surface area (Å²) in [5.41, 5.74) is 0. The van der Waals surface area contributed by atoms with Gasteiger partial charge in [0.15, 0.2) is 0 Å².